The molecule has 0 radical (unpaired) electrons. The van der Waals surface area contributed by atoms with Crippen molar-refractivity contribution in [3.8, 4) is 11.5 Å². The number of hydrogen-bond donors (Lipinski definition) is 1. The van der Waals surface area contributed by atoms with Gasteiger partial charge in [-0.25, -0.2) is 14.8 Å². The summed E-state index contributed by atoms with van der Waals surface area (Å²) in [6.45, 7) is 7.79. The quantitative estimate of drug-likeness (QED) is 0.222. The molecule has 0 aliphatic rings. The SMILES string of the molecule is C[C@@H](Nc1ncnc2c(OCC(=O)OC(C)(C)C)cc(Br)cc12)c1cccc(OCc2ccccc2)c1. The molecule has 4 rings (SSSR count). The van der Waals surface area contributed by atoms with Gasteiger partial charge in [-0.05, 0) is 63.1 Å². The monoisotopic (exact) mass is 563 g/mol. The Balaban J connectivity index is 1.50. The second kappa shape index (κ2) is 11.6. The van der Waals surface area contributed by atoms with Gasteiger partial charge in [0.15, 0.2) is 6.61 Å². The first-order valence-corrected chi connectivity index (χ1v) is 12.8. The first-order chi connectivity index (χ1) is 17.7. The topological polar surface area (TPSA) is 82.6 Å². The summed E-state index contributed by atoms with van der Waals surface area (Å²) in [6, 6.07) is 21.7. The van der Waals surface area contributed by atoms with Crippen LogP contribution in [0.4, 0.5) is 5.82 Å². The highest BCUT2D eigenvalue weighted by atomic mass is 79.9. The van der Waals surface area contributed by atoms with Gasteiger partial charge in [0.25, 0.3) is 0 Å². The molecule has 0 spiro atoms. The number of aromatic nitrogens is 2. The van der Waals surface area contributed by atoms with E-state index in [1.807, 2.05) is 81.4 Å². The zero-order valence-corrected chi connectivity index (χ0v) is 22.9. The summed E-state index contributed by atoms with van der Waals surface area (Å²) in [5, 5.41) is 4.24. The van der Waals surface area contributed by atoms with Crippen LogP contribution in [0.5, 0.6) is 11.5 Å². The second-order valence-corrected chi connectivity index (χ2v) is 10.5. The maximum absolute atomic E-state index is 12.2. The Bertz CT molecular complexity index is 1370. The highest BCUT2D eigenvalue weighted by Crippen LogP contribution is 2.33. The maximum Gasteiger partial charge on any atom is 0.344 e. The van der Waals surface area contributed by atoms with Crippen LogP contribution < -0.4 is 14.8 Å². The van der Waals surface area contributed by atoms with E-state index < -0.39 is 11.6 Å². The third kappa shape index (κ3) is 7.43. The number of fused-ring (bicyclic) bond motifs is 1. The van der Waals surface area contributed by atoms with Crippen LogP contribution in [0.25, 0.3) is 10.9 Å². The molecule has 0 fully saturated rings. The van der Waals surface area contributed by atoms with Gasteiger partial charge in [0.1, 0.15) is 41.4 Å². The summed E-state index contributed by atoms with van der Waals surface area (Å²) in [7, 11) is 0. The van der Waals surface area contributed by atoms with Crippen molar-refractivity contribution in [2.45, 2.75) is 45.9 Å². The summed E-state index contributed by atoms with van der Waals surface area (Å²) >= 11 is 3.53. The van der Waals surface area contributed by atoms with Crippen molar-refractivity contribution in [3.63, 3.8) is 0 Å². The Labute approximate surface area is 225 Å². The number of ether oxygens (including phenoxy) is 3. The van der Waals surface area contributed by atoms with Crippen LogP contribution in [0.1, 0.15) is 44.9 Å². The van der Waals surface area contributed by atoms with Crippen LogP contribution >= 0.6 is 15.9 Å². The maximum atomic E-state index is 12.2. The van der Waals surface area contributed by atoms with E-state index in [1.54, 1.807) is 6.07 Å². The van der Waals surface area contributed by atoms with Crippen molar-refractivity contribution in [1.29, 1.82) is 0 Å². The Morgan fingerprint density at radius 2 is 1.78 bits per heavy atom. The number of nitrogens with one attached hydrogen (secondary N) is 1. The van der Waals surface area contributed by atoms with E-state index in [0.29, 0.717) is 23.7 Å². The molecule has 1 aromatic heterocycles. The van der Waals surface area contributed by atoms with Gasteiger partial charge in [-0.2, -0.15) is 0 Å². The zero-order valence-electron chi connectivity index (χ0n) is 21.3. The number of esters is 1. The van der Waals surface area contributed by atoms with Crippen LogP contribution in [-0.4, -0.2) is 28.1 Å². The van der Waals surface area contributed by atoms with Crippen LogP contribution in [-0.2, 0) is 16.1 Å². The van der Waals surface area contributed by atoms with Crippen molar-refractivity contribution < 1.29 is 19.0 Å². The Hall–Kier alpha value is -3.65. The summed E-state index contributed by atoms with van der Waals surface area (Å²) in [4.78, 5) is 21.1. The molecule has 0 saturated carbocycles. The smallest absolute Gasteiger partial charge is 0.344 e. The molecule has 0 bridgehead atoms. The molecular formula is C29H30BrN3O4. The number of halogens is 1. The largest absolute Gasteiger partial charge is 0.489 e. The molecule has 1 atom stereocenters. The average molecular weight is 564 g/mol. The van der Waals surface area contributed by atoms with Gasteiger partial charge in [0, 0.05) is 9.86 Å². The molecule has 0 unspecified atom stereocenters. The summed E-state index contributed by atoms with van der Waals surface area (Å²) in [6.07, 6.45) is 1.48. The van der Waals surface area contributed by atoms with Crippen LogP contribution in [0, 0.1) is 0 Å². The minimum Gasteiger partial charge on any atom is -0.489 e. The van der Waals surface area contributed by atoms with E-state index >= 15 is 0 Å². The number of nitrogens with zero attached hydrogens (tertiary/aromatic N) is 2. The second-order valence-electron chi connectivity index (χ2n) is 9.61. The number of carbonyl (C=O) groups is 1. The Morgan fingerprint density at radius 3 is 2.54 bits per heavy atom. The average Bonchev–Trinajstić information content (AvgIpc) is 2.86. The molecule has 7 nitrogen and oxygen atoms in total. The van der Waals surface area contributed by atoms with E-state index in [9.17, 15) is 4.79 Å². The fourth-order valence-electron chi connectivity index (χ4n) is 3.74. The van der Waals surface area contributed by atoms with E-state index in [-0.39, 0.29) is 12.6 Å². The van der Waals surface area contributed by atoms with Crippen LogP contribution in [0.15, 0.2) is 77.5 Å². The standard InChI is InChI=1S/C29H30BrN3O4/c1-19(21-11-8-12-23(13-21)35-16-20-9-6-5-7-10-20)33-28-24-14-22(30)15-25(27(24)31-18-32-28)36-17-26(34)37-29(2,3)4/h5-15,18-19H,16-17H2,1-4H3,(H,31,32,33)/t19-/m1/s1. The van der Waals surface area contributed by atoms with Gasteiger partial charge in [0.05, 0.1) is 6.04 Å². The Kier molecular flexibility index (Phi) is 8.28. The van der Waals surface area contributed by atoms with E-state index in [1.165, 1.54) is 6.33 Å². The summed E-state index contributed by atoms with van der Waals surface area (Å²) in [5.74, 6) is 1.46. The highest BCUT2D eigenvalue weighted by molar-refractivity contribution is 9.10. The van der Waals surface area contributed by atoms with E-state index in [4.69, 9.17) is 14.2 Å². The predicted molar refractivity (Wildman–Crippen MR) is 148 cm³/mol. The predicted octanol–water partition coefficient (Wildman–Crippen LogP) is 6.86. The Morgan fingerprint density at radius 1 is 1.00 bits per heavy atom. The molecule has 0 aliphatic heterocycles. The molecule has 192 valence electrons. The molecule has 0 saturated heterocycles. The highest BCUT2D eigenvalue weighted by Gasteiger charge is 2.18. The van der Waals surface area contributed by atoms with Gasteiger partial charge in [-0.3, -0.25) is 0 Å². The number of benzene rings is 3. The first kappa shape index (κ1) is 26.4. The minimum absolute atomic E-state index is 0.0662. The summed E-state index contributed by atoms with van der Waals surface area (Å²) < 4.78 is 17.9. The van der Waals surface area contributed by atoms with Crippen LogP contribution in [0.2, 0.25) is 0 Å². The molecule has 0 aliphatic carbocycles. The molecule has 37 heavy (non-hydrogen) atoms. The lowest BCUT2D eigenvalue weighted by atomic mass is 10.1. The van der Waals surface area contributed by atoms with Crippen molar-refractivity contribution in [2.24, 2.45) is 0 Å². The van der Waals surface area contributed by atoms with Crippen LogP contribution in [0.3, 0.4) is 0 Å². The molecule has 1 N–H and O–H groups in total. The number of carbonyl (C=O) groups excluding carboxylic acids is 1. The van der Waals surface area contributed by atoms with Gasteiger partial charge < -0.3 is 19.5 Å². The fourth-order valence-corrected chi connectivity index (χ4v) is 4.17. The lowest BCUT2D eigenvalue weighted by Crippen LogP contribution is -2.27. The van der Waals surface area contributed by atoms with Gasteiger partial charge >= 0.3 is 5.97 Å². The molecule has 1 heterocycles. The van der Waals surface area contributed by atoms with Crippen molar-refractivity contribution in [3.05, 3.63) is 88.7 Å². The van der Waals surface area contributed by atoms with Gasteiger partial charge in [-0.1, -0.05) is 58.4 Å². The minimum atomic E-state index is -0.584. The van der Waals surface area contributed by atoms with Crippen molar-refractivity contribution in [1.82, 2.24) is 9.97 Å². The van der Waals surface area contributed by atoms with Gasteiger partial charge in [0.2, 0.25) is 0 Å². The third-order valence-corrected chi connectivity index (χ3v) is 5.85. The molecule has 4 aromatic rings. The molecule has 8 heteroatoms. The molecule has 3 aromatic carbocycles. The van der Waals surface area contributed by atoms with E-state index in [0.717, 1.165) is 26.7 Å². The lowest BCUT2D eigenvalue weighted by Gasteiger charge is -2.20. The van der Waals surface area contributed by atoms with Crippen molar-refractivity contribution in [2.75, 3.05) is 11.9 Å². The number of rotatable bonds is 9. The zero-order chi connectivity index (χ0) is 26.4. The number of hydrogen-bond acceptors (Lipinski definition) is 7. The molecular weight excluding hydrogens is 534 g/mol. The third-order valence-electron chi connectivity index (χ3n) is 5.39. The lowest BCUT2D eigenvalue weighted by molar-refractivity contribution is -0.157. The fraction of sp³-hybridized carbons (Fsp3) is 0.276. The summed E-state index contributed by atoms with van der Waals surface area (Å²) in [5.41, 5.74) is 2.17. The number of anilines is 1. The van der Waals surface area contributed by atoms with E-state index in [2.05, 4.69) is 38.1 Å². The molecule has 0 amide bonds. The normalized spacial score (nSPS) is 12.1. The van der Waals surface area contributed by atoms with Gasteiger partial charge in [-0.15, -0.1) is 0 Å². The first-order valence-electron chi connectivity index (χ1n) is 12.0. The van der Waals surface area contributed by atoms with Crippen molar-refractivity contribution >= 4 is 38.6 Å².